The van der Waals surface area contributed by atoms with Crippen molar-refractivity contribution in [1.82, 2.24) is 0 Å². The molecular formula is C60H41N. The first kappa shape index (κ1) is 35.2. The Balaban J connectivity index is 0.902. The van der Waals surface area contributed by atoms with Crippen LogP contribution in [0.5, 0.6) is 0 Å². The van der Waals surface area contributed by atoms with Gasteiger partial charge in [0.05, 0.1) is 0 Å². The summed E-state index contributed by atoms with van der Waals surface area (Å²) >= 11 is 0. The smallest absolute Gasteiger partial charge is 0.0467 e. The van der Waals surface area contributed by atoms with Crippen molar-refractivity contribution < 1.29 is 0 Å². The Morgan fingerprint density at radius 2 is 0.852 bits per heavy atom. The van der Waals surface area contributed by atoms with E-state index >= 15 is 0 Å². The van der Waals surface area contributed by atoms with Gasteiger partial charge in [-0.25, -0.2) is 0 Å². The molecule has 0 saturated heterocycles. The van der Waals surface area contributed by atoms with Gasteiger partial charge in [-0.05, 0) is 173 Å². The molecular weight excluding hydrogens is 735 g/mol. The van der Waals surface area contributed by atoms with E-state index in [-0.39, 0.29) is 0 Å². The highest BCUT2D eigenvalue weighted by atomic mass is 15.1. The summed E-state index contributed by atoms with van der Waals surface area (Å²) in [7, 11) is 0. The minimum Gasteiger partial charge on any atom is -0.310 e. The SMILES string of the molecule is C1=CC2=C(CC1)c1cccc3cc(-c4ccc(N(c5ccc(-c6ccc7c(ccc8cc(-c9ccccc9)ccc87)c6)cc5)c5cccc(-c6ccccc6)c5)cc4)cc2c13. The maximum atomic E-state index is 2.41. The van der Waals surface area contributed by atoms with Crippen molar-refractivity contribution in [2.45, 2.75) is 12.8 Å². The molecule has 0 N–H and O–H groups in total. The molecule has 0 aromatic heterocycles. The lowest BCUT2D eigenvalue weighted by molar-refractivity contribution is 1.06. The zero-order valence-corrected chi connectivity index (χ0v) is 33.7. The molecule has 10 aromatic rings. The van der Waals surface area contributed by atoms with Crippen LogP contribution in [0, 0.1) is 0 Å². The Kier molecular flexibility index (Phi) is 8.38. The topological polar surface area (TPSA) is 3.24 Å². The Bertz CT molecular complexity index is 3370. The molecule has 0 aliphatic heterocycles. The van der Waals surface area contributed by atoms with Gasteiger partial charge in [-0.15, -0.1) is 0 Å². The van der Waals surface area contributed by atoms with E-state index in [1.165, 1.54) is 99.1 Å². The number of nitrogens with zero attached hydrogens (tertiary/aromatic N) is 1. The molecule has 286 valence electrons. The van der Waals surface area contributed by atoms with E-state index in [1.54, 1.807) is 0 Å². The summed E-state index contributed by atoms with van der Waals surface area (Å²) in [5.41, 5.74) is 18.8. The number of allylic oxidation sites excluding steroid dienone is 4. The van der Waals surface area contributed by atoms with Crippen molar-refractivity contribution in [1.29, 1.82) is 0 Å². The van der Waals surface area contributed by atoms with Crippen molar-refractivity contribution in [3.05, 3.63) is 236 Å². The molecule has 10 aromatic carbocycles. The summed E-state index contributed by atoms with van der Waals surface area (Å²) in [4.78, 5) is 2.38. The van der Waals surface area contributed by atoms with Crippen molar-refractivity contribution >= 4 is 60.5 Å². The lowest BCUT2D eigenvalue weighted by Gasteiger charge is -2.26. The number of benzene rings is 10. The number of anilines is 3. The Labute approximate surface area is 356 Å². The molecule has 0 unspecified atom stereocenters. The van der Waals surface area contributed by atoms with Gasteiger partial charge in [-0.2, -0.15) is 0 Å². The highest BCUT2D eigenvalue weighted by Gasteiger charge is 2.25. The second-order valence-corrected chi connectivity index (χ2v) is 16.4. The summed E-state index contributed by atoms with van der Waals surface area (Å²) in [6, 6.07) is 78.2. The summed E-state index contributed by atoms with van der Waals surface area (Å²) in [6.45, 7) is 0. The first-order valence-electron chi connectivity index (χ1n) is 21.4. The third-order valence-corrected chi connectivity index (χ3v) is 12.8. The lowest BCUT2D eigenvalue weighted by atomic mass is 9.94. The fourth-order valence-electron chi connectivity index (χ4n) is 9.82. The summed E-state index contributed by atoms with van der Waals surface area (Å²) in [5.74, 6) is 0. The molecule has 0 saturated carbocycles. The fraction of sp³-hybridized carbons (Fsp3) is 0.0333. The number of rotatable bonds is 7. The summed E-state index contributed by atoms with van der Waals surface area (Å²) in [5, 5.41) is 7.77. The monoisotopic (exact) mass is 775 g/mol. The minimum atomic E-state index is 1.11. The average Bonchev–Trinajstić information content (AvgIpc) is 3.66. The molecule has 61 heavy (non-hydrogen) atoms. The van der Waals surface area contributed by atoms with Gasteiger partial charge in [0, 0.05) is 17.1 Å². The van der Waals surface area contributed by atoms with Crippen LogP contribution in [-0.2, 0) is 0 Å². The first-order valence-corrected chi connectivity index (χ1v) is 21.4. The van der Waals surface area contributed by atoms with Gasteiger partial charge in [-0.1, -0.05) is 164 Å². The van der Waals surface area contributed by atoms with Crippen molar-refractivity contribution in [2.24, 2.45) is 0 Å². The molecule has 0 bridgehead atoms. The largest absolute Gasteiger partial charge is 0.310 e. The molecule has 0 radical (unpaired) electrons. The highest BCUT2D eigenvalue weighted by molar-refractivity contribution is 6.17. The number of hydrogen-bond donors (Lipinski definition) is 0. The number of hydrogen-bond acceptors (Lipinski definition) is 1. The van der Waals surface area contributed by atoms with E-state index in [0.717, 1.165) is 29.9 Å². The zero-order chi connectivity index (χ0) is 40.3. The molecule has 0 atom stereocenters. The van der Waals surface area contributed by atoms with Gasteiger partial charge in [0.1, 0.15) is 0 Å². The molecule has 0 heterocycles. The molecule has 2 aliphatic rings. The molecule has 1 nitrogen and oxygen atoms in total. The molecule has 2 aliphatic carbocycles. The fourth-order valence-corrected chi connectivity index (χ4v) is 9.82. The molecule has 0 fully saturated rings. The van der Waals surface area contributed by atoms with Crippen LogP contribution in [0.2, 0.25) is 0 Å². The Morgan fingerprint density at radius 3 is 1.49 bits per heavy atom. The van der Waals surface area contributed by atoms with Gasteiger partial charge >= 0.3 is 0 Å². The molecule has 0 spiro atoms. The van der Waals surface area contributed by atoms with Gasteiger partial charge in [0.25, 0.3) is 0 Å². The summed E-state index contributed by atoms with van der Waals surface area (Å²) < 4.78 is 0. The van der Waals surface area contributed by atoms with E-state index in [1.807, 2.05) is 0 Å². The first-order chi connectivity index (χ1) is 30.2. The third kappa shape index (κ3) is 6.17. The molecule has 0 amide bonds. The number of fused-ring (bicyclic) bond motifs is 5. The van der Waals surface area contributed by atoms with Crippen molar-refractivity contribution in [2.75, 3.05) is 4.90 Å². The highest BCUT2D eigenvalue weighted by Crippen LogP contribution is 2.48. The predicted molar refractivity (Wildman–Crippen MR) is 261 cm³/mol. The van der Waals surface area contributed by atoms with Gasteiger partial charge in [-0.3, -0.25) is 0 Å². The van der Waals surface area contributed by atoms with Crippen LogP contribution in [0.1, 0.15) is 24.0 Å². The van der Waals surface area contributed by atoms with Crippen LogP contribution in [0.25, 0.3) is 88.0 Å². The van der Waals surface area contributed by atoms with Crippen molar-refractivity contribution in [3.63, 3.8) is 0 Å². The van der Waals surface area contributed by atoms with Gasteiger partial charge in [0.15, 0.2) is 0 Å². The van der Waals surface area contributed by atoms with Crippen LogP contribution in [0.4, 0.5) is 17.1 Å². The van der Waals surface area contributed by atoms with E-state index in [0.29, 0.717) is 0 Å². The standard InChI is InChI=1S/C60H41N/c1-3-11-40(12-4-1)44-15-9-17-53(38-44)61(52-31-25-43(26-32-52)50-37-49-16-10-20-58-56-18-7-8-19-57(56)59(39-50)60(49)58)51-29-23-42(24-30-51)46-28-34-55-48(36-46)22-21-47-35-45(27-33-54(47)55)41-13-5-2-6-14-41/h1-6,8-17,19-39H,7,18H2. The quantitative estimate of drug-likeness (QED) is 0.146. The van der Waals surface area contributed by atoms with Crippen LogP contribution < -0.4 is 4.90 Å². The maximum absolute atomic E-state index is 2.41. The Hall–Kier alpha value is -7.74. The Morgan fingerprint density at radius 1 is 0.328 bits per heavy atom. The lowest BCUT2D eigenvalue weighted by Crippen LogP contribution is -2.10. The van der Waals surface area contributed by atoms with Crippen molar-refractivity contribution in [3.8, 4) is 44.5 Å². The maximum Gasteiger partial charge on any atom is 0.0467 e. The van der Waals surface area contributed by atoms with E-state index in [4.69, 9.17) is 0 Å². The summed E-state index contributed by atoms with van der Waals surface area (Å²) in [6.07, 6.45) is 6.90. The van der Waals surface area contributed by atoms with Gasteiger partial charge in [0.2, 0.25) is 0 Å². The van der Waals surface area contributed by atoms with Crippen LogP contribution in [0.3, 0.4) is 0 Å². The normalized spacial score (nSPS) is 13.0. The van der Waals surface area contributed by atoms with Gasteiger partial charge < -0.3 is 4.90 Å². The second-order valence-electron chi connectivity index (χ2n) is 16.4. The third-order valence-electron chi connectivity index (χ3n) is 12.8. The average molecular weight is 776 g/mol. The molecule has 12 rings (SSSR count). The molecule has 1 heteroatoms. The zero-order valence-electron chi connectivity index (χ0n) is 33.7. The van der Waals surface area contributed by atoms with E-state index < -0.39 is 0 Å². The minimum absolute atomic E-state index is 1.11. The van der Waals surface area contributed by atoms with Crippen LogP contribution >= 0.6 is 0 Å². The van der Waals surface area contributed by atoms with E-state index in [9.17, 15) is 0 Å². The second kappa shape index (κ2) is 14.5. The predicted octanol–water partition coefficient (Wildman–Crippen LogP) is 16.9. The van der Waals surface area contributed by atoms with Crippen LogP contribution in [-0.4, -0.2) is 0 Å². The van der Waals surface area contributed by atoms with Crippen LogP contribution in [0.15, 0.2) is 224 Å². The van der Waals surface area contributed by atoms with E-state index in [2.05, 4.69) is 229 Å².